The fraction of sp³-hybridized carbons (Fsp3) is 0.500. The molecule has 0 aromatic heterocycles. The molecule has 1 saturated carbocycles. The molecule has 2 rings (SSSR count). The van der Waals surface area contributed by atoms with Crippen LogP contribution in [0.5, 0.6) is 5.75 Å². The van der Waals surface area contributed by atoms with Gasteiger partial charge in [0.15, 0.2) is 0 Å². The molecule has 1 aliphatic carbocycles. The predicted molar refractivity (Wildman–Crippen MR) is 78.0 cm³/mol. The van der Waals surface area contributed by atoms with Crippen molar-refractivity contribution in [3.05, 3.63) is 29.8 Å². The van der Waals surface area contributed by atoms with Crippen LogP contribution in [0.4, 0.5) is 0 Å². The van der Waals surface area contributed by atoms with Crippen molar-refractivity contribution >= 4 is 18.3 Å². The minimum absolute atomic E-state index is 0. The molecule has 0 bridgehead atoms. The minimum atomic E-state index is -0.198. The minimum Gasteiger partial charge on any atom is -0.493 e. The monoisotopic (exact) mass is 284 g/mol. The normalized spacial score (nSPS) is 15.9. The zero-order valence-electron chi connectivity index (χ0n) is 11.1. The Morgan fingerprint density at radius 1 is 1.42 bits per heavy atom. The Morgan fingerprint density at radius 3 is 2.68 bits per heavy atom. The van der Waals surface area contributed by atoms with Crippen molar-refractivity contribution in [2.45, 2.75) is 31.7 Å². The topological polar surface area (TPSA) is 64.3 Å². The number of benzene rings is 1. The highest BCUT2D eigenvalue weighted by atomic mass is 35.5. The van der Waals surface area contributed by atoms with Crippen LogP contribution in [0.3, 0.4) is 0 Å². The molecule has 4 nitrogen and oxygen atoms in total. The van der Waals surface area contributed by atoms with Gasteiger partial charge in [-0.05, 0) is 38.3 Å². The Hall–Kier alpha value is -1.26. The van der Waals surface area contributed by atoms with E-state index in [4.69, 9.17) is 10.5 Å². The molecule has 0 atom stereocenters. The van der Waals surface area contributed by atoms with Crippen LogP contribution in [0.1, 0.15) is 36.5 Å². The zero-order valence-corrected chi connectivity index (χ0v) is 12.0. The van der Waals surface area contributed by atoms with E-state index in [1.54, 1.807) is 12.1 Å². The summed E-state index contributed by atoms with van der Waals surface area (Å²) in [6.45, 7) is 2.98. The second-order valence-electron chi connectivity index (χ2n) is 4.83. The van der Waals surface area contributed by atoms with E-state index in [1.807, 2.05) is 19.1 Å². The Kier molecular flexibility index (Phi) is 5.63. The smallest absolute Gasteiger partial charge is 0.255 e. The van der Waals surface area contributed by atoms with Gasteiger partial charge in [0, 0.05) is 12.1 Å². The van der Waals surface area contributed by atoms with E-state index < -0.39 is 0 Å². The number of carbonyl (C=O) groups is 1. The fourth-order valence-electron chi connectivity index (χ4n) is 2.09. The second-order valence-corrected chi connectivity index (χ2v) is 4.83. The quantitative estimate of drug-likeness (QED) is 0.870. The van der Waals surface area contributed by atoms with Gasteiger partial charge in [0.2, 0.25) is 0 Å². The summed E-state index contributed by atoms with van der Waals surface area (Å²) >= 11 is 0. The maximum absolute atomic E-state index is 12.1. The summed E-state index contributed by atoms with van der Waals surface area (Å²) in [4.78, 5) is 12.1. The van der Waals surface area contributed by atoms with Gasteiger partial charge in [-0.3, -0.25) is 4.79 Å². The summed E-state index contributed by atoms with van der Waals surface area (Å²) in [7, 11) is 0. The summed E-state index contributed by atoms with van der Waals surface area (Å²) in [6.07, 6.45) is 3.13. The first-order valence-corrected chi connectivity index (χ1v) is 6.43. The van der Waals surface area contributed by atoms with E-state index in [0.29, 0.717) is 24.5 Å². The van der Waals surface area contributed by atoms with Gasteiger partial charge in [-0.1, -0.05) is 12.1 Å². The van der Waals surface area contributed by atoms with Gasteiger partial charge in [0.1, 0.15) is 5.75 Å². The number of nitrogens with one attached hydrogen (secondary N) is 1. The van der Waals surface area contributed by atoms with Crippen molar-refractivity contribution in [3.8, 4) is 5.75 Å². The van der Waals surface area contributed by atoms with E-state index in [0.717, 1.165) is 19.3 Å². The summed E-state index contributed by atoms with van der Waals surface area (Å²) in [5, 5.41) is 2.90. The number of nitrogens with two attached hydrogens (primary N) is 1. The van der Waals surface area contributed by atoms with Crippen LogP contribution in [0.25, 0.3) is 0 Å². The number of hydrogen-bond acceptors (Lipinski definition) is 3. The maximum atomic E-state index is 12.1. The molecule has 106 valence electrons. The molecular weight excluding hydrogens is 264 g/mol. The largest absolute Gasteiger partial charge is 0.493 e. The Morgan fingerprint density at radius 2 is 2.11 bits per heavy atom. The first-order chi connectivity index (χ1) is 8.64. The molecule has 0 saturated heterocycles. The molecule has 1 fully saturated rings. The fourth-order valence-corrected chi connectivity index (χ4v) is 2.09. The lowest BCUT2D eigenvalue weighted by Gasteiger charge is -2.38. The van der Waals surface area contributed by atoms with Crippen LogP contribution in [0.15, 0.2) is 24.3 Å². The number of ether oxygens (including phenoxy) is 1. The molecule has 5 heteroatoms. The molecule has 1 aromatic carbocycles. The lowest BCUT2D eigenvalue weighted by molar-refractivity contribution is 0.0926. The number of halogens is 1. The third kappa shape index (κ3) is 3.85. The lowest BCUT2D eigenvalue weighted by atomic mass is 9.78. The number of para-hydroxylation sites is 1. The standard InChI is InChI=1S/C14H20N2O2.ClH/c1-2-18-12-7-4-3-6-11(12)13(17)16-10-14(15)8-5-9-14;/h3-4,6-7H,2,5,8-10,15H2,1H3,(H,16,17);1H. The van der Waals surface area contributed by atoms with Crippen molar-refractivity contribution in [2.75, 3.05) is 13.2 Å². The van der Waals surface area contributed by atoms with Crippen molar-refractivity contribution < 1.29 is 9.53 Å². The Bertz CT molecular complexity index is 433. The second kappa shape index (κ2) is 6.78. The molecule has 0 heterocycles. The van der Waals surface area contributed by atoms with Crippen molar-refractivity contribution in [1.29, 1.82) is 0 Å². The van der Waals surface area contributed by atoms with Crippen LogP contribution >= 0.6 is 12.4 Å². The van der Waals surface area contributed by atoms with E-state index in [2.05, 4.69) is 5.32 Å². The summed E-state index contributed by atoms with van der Waals surface area (Å²) in [6, 6.07) is 7.27. The van der Waals surface area contributed by atoms with Crippen LogP contribution in [-0.2, 0) is 0 Å². The van der Waals surface area contributed by atoms with Crippen LogP contribution in [0, 0.1) is 0 Å². The highest BCUT2D eigenvalue weighted by molar-refractivity contribution is 5.96. The van der Waals surface area contributed by atoms with E-state index in [9.17, 15) is 4.79 Å². The average Bonchev–Trinajstić information content (AvgIpc) is 2.35. The molecular formula is C14H21ClN2O2. The molecule has 1 amide bonds. The van der Waals surface area contributed by atoms with Gasteiger partial charge in [0.05, 0.1) is 12.2 Å². The van der Waals surface area contributed by atoms with Crippen LogP contribution in [0.2, 0.25) is 0 Å². The van der Waals surface area contributed by atoms with Gasteiger partial charge in [0.25, 0.3) is 5.91 Å². The third-order valence-electron chi connectivity index (χ3n) is 3.38. The van der Waals surface area contributed by atoms with Gasteiger partial charge >= 0.3 is 0 Å². The third-order valence-corrected chi connectivity index (χ3v) is 3.38. The summed E-state index contributed by atoms with van der Waals surface area (Å²) in [5.74, 6) is 0.507. The highest BCUT2D eigenvalue weighted by Gasteiger charge is 2.32. The molecule has 1 aliphatic rings. The number of hydrogen-bond donors (Lipinski definition) is 2. The summed E-state index contributed by atoms with van der Waals surface area (Å²) < 4.78 is 5.44. The number of carbonyl (C=O) groups excluding carboxylic acids is 1. The average molecular weight is 285 g/mol. The van der Waals surface area contributed by atoms with Gasteiger partial charge in [-0.15, -0.1) is 12.4 Å². The Labute approximate surface area is 120 Å². The lowest BCUT2D eigenvalue weighted by Crippen LogP contribution is -2.54. The van der Waals surface area contributed by atoms with Gasteiger partial charge < -0.3 is 15.8 Å². The van der Waals surface area contributed by atoms with Crippen LogP contribution in [-0.4, -0.2) is 24.6 Å². The molecule has 3 N–H and O–H groups in total. The predicted octanol–water partition coefficient (Wildman–Crippen LogP) is 2.12. The Balaban J connectivity index is 0.00000180. The highest BCUT2D eigenvalue weighted by Crippen LogP contribution is 2.28. The number of amides is 1. The van der Waals surface area contributed by atoms with Gasteiger partial charge in [-0.25, -0.2) is 0 Å². The SMILES string of the molecule is CCOc1ccccc1C(=O)NCC1(N)CCC1.Cl. The van der Waals surface area contributed by atoms with E-state index in [1.165, 1.54) is 0 Å². The van der Waals surface area contributed by atoms with Crippen molar-refractivity contribution in [3.63, 3.8) is 0 Å². The van der Waals surface area contributed by atoms with E-state index in [-0.39, 0.29) is 23.9 Å². The van der Waals surface area contributed by atoms with Gasteiger partial charge in [-0.2, -0.15) is 0 Å². The molecule has 0 spiro atoms. The van der Waals surface area contributed by atoms with E-state index >= 15 is 0 Å². The molecule has 0 aliphatic heterocycles. The molecule has 1 aromatic rings. The summed E-state index contributed by atoms with van der Waals surface area (Å²) in [5.41, 5.74) is 6.45. The van der Waals surface area contributed by atoms with Crippen LogP contribution < -0.4 is 15.8 Å². The maximum Gasteiger partial charge on any atom is 0.255 e. The van der Waals surface area contributed by atoms with Crippen molar-refractivity contribution in [1.82, 2.24) is 5.32 Å². The first-order valence-electron chi connectivity index (χ1n) is 6.43. The molecule has 0 unspecified atom stereocenters. The van der Waals surface area contributed by atoms with Crippen molar-refractivity contribution in [2.24, 2.45) is 5.73 Å². The zero-order chi connectivity index (χ0) is 13.0. The molecule has 0 radical (unpaired) electrons. The number of rotatable bonds is 5. The first kappa shape index (κ1) is 15.8. The molecule has 19 heavy (non-hydrogen) atoms.